The van der Waals surface area contributed by atoms with Gasteiger partial charge in [-0.3, -0.25) is 9.59 Å². The van der Waals surface area contributed by atoms with Crippen LogP contribution in [0.2, 0.25) is 0 Å². The van der Waals surface area contributed by atoms with E-state index in [2.05, 4.69) is 10.3 Å². The van der Waals surface area contributed by atoms with Crippen molar-refractivity contribution in [2.24, 2.45) is 0 Å². The second kappa shape index (κ2) is 10.8. The van der Waals surface area contributed by atoms with Gasteiger partial charge in [-0.1, -0.05) is 30.3 Å². The quantitative estimate of drug-likeness (QED) is 0.332. The number of aromatic nitrogens is 2. The van der Waals surface area contributed by atoms with Crippen molar-refractivity contribution in [2.45, 2.75) is 19.5 Å². The first-order chi connectivity index (χ1) is 17.3. The lowest BCUT2D eigenvalue weighted by molar-refractivity contribution is -0.138. The molecule has 0 saturated heterocycles. The van der Waals surface area contributed by atoms with Gasteiger partial charge in [0.05, 0.1) is 6.33 Å². The molecule has 1 heterocycles. The number of carbonyl (C=O) groups is 2. The minimum atomic E-state index is -1.16. The molecule has 6 nitrogen and oxygen atoms in total. The molecule has 0 saturated carbocycles. The van der Waals surface area contributed by atoms with Crippen LogP contribution >= 0.6 is 0 Å². The third-order valence-electron chi connectivity index (χ3n) is 5.63. The van der Waals surface area contributed by atoms with Crippen molar-refractivity contribution >= 4 is 23.5 Å². The Balaban J connectivity index is 1.79. The lowest BCUT2D eigenvalue weighted by Gasteiger charge is -2.15. The van der Waals surface area contributed by atoms with Gasteiger partial charge in [0.2, 0.25) is 0 Å². The first kappa shape index (κ1) is 24.5. The van der Waals surface area contributed by atoms with Crippen molar-refractivity contribution in [3.8, 4) is 11.1 Å². The molecule has 4 aromatic rings. The van der Waals surface area contributed by atoms with E-state index < -0.39 is 23.7 Å². The lowest BCUT2D eigenvalue weighted by Crippen LogP contribution is -2.38. The fraction of sp³-hybridized carbons (Fsp3) is 0.107. The molecular formula is C28H23F2N3O3. The molecule has 182 valence electrons. The normalized spacial score (nSPS) is 12.2. The van der Waals surface area contributed by atoms with E-state index in [1.807, 2.05) is 16.8 Å². The Labute approximate surface area is 206 Å². The molecule has 2 N–H and O–H groups in total. The highest BCUT2D eigenvalue weighted by Crippen LogP contribution is 2.28. The molecule has 0 aliphatic carbocycles. The van der Waals surface area contributed by atoms with Gasteiger partial charge in [0.25, 0.3) is 5.91 Å². The fourth-order valence-corrected chi connectivity index (χ4v) is 3.72. The largest absolute Gasteiger partial charge is 0.480 e. The van der Waals surface area contributed by atoms with E-state index in [4.69, 9.17) is 0 Å². The van der Waals surface area contributed by atoms with Crippen molar-refractivity contribution < 1.29 is 23.5 Å². The highest BCUT2D eigenvalue weighted by atomic mass is 19.1. The summed E-state index contributed by atoms with van der Waals surface area (Å²) in [7, 11) is 0. The molecule has 0 spiro atoms. The maximum absolute atomic E-state index is 13.6. The lowest BCUT2D eigenvalue weighted by atomic mass is 9.94. The molecule has 3 aromatic carbocycles. The number of rotatable bonds is 8. The number of hydrogen-bond donors (Lipinski definition) is 2. The summed E-state index contributed by atoms with van der Waals surface area (Å²) in [6.07, 6.45) is 7.08. The number of allylic oxidation sites excluding steroid dienone is 1. The zero-order valence-corrected chi connectivity index (χ0v) is 19.4. The van der Waals surface area contributed by atoms with Gasteiger partial charge in [-0.2, -0.15) is 0 Å². The van der Waals surface area contributed by atoms with Crippen LogP contribution in [0, 0.1) is 11.6 Å². The third kappa shape index (κ3) is 5.90. The van der Waals surface area contributed by atoms with Gasteiger partial charge in [0.1, 0.15) is 17.7 Å². The molecule has 0 aliphatic rings. The van der Waals surface area contributed by atoms with Crippen molar-refractivity contribution in [3.63, 3.8) is 0 Å². The van der Waals surface area contributed by atoms with Crippen molar-refractivity contribution in [1.82, 2.24) is 14.9 Å². The van der Waals surface area contributed by atoms with E-state index in [0.29, 0.717) is 17.7 Å². The second-order valence-electron chi connectivity index (χ2n) is 8.26. The highest BCUT2D eigenvalue weighted by Gasteiger charge is 2.19. The Kier molecular flexibility index (Phi) is 7.34. The SMILES string of the molecule is C[C@H](NC(=O)c1ccc(C=C(Cn2ccnc2)c2ccc(F)cc2)cc1-c1ccc(F)cc1)C(=O)O. The number of amides is 1. The molecule has 0 unspecified atom stereocenters. The summed E-state index contributed by atoms with van der Waals surface area (Å²) in [5.41, 5.74) is 3.79. The number of aliphatic carboxylic acids is 1. The monoisotopic (exact) mass is 487 g/mol. The zero-order valence-electron chi connectivity index (χ0n) is 19.4. The van der Waals surface area contributed by atoms with E-state index in [0.717, 1.165) is 16.7 Å². The predicted molar refractivity (Wildman–Crippen MR) is 133 cm³/mol. The van der Waals surface area contributed by atoms with Crippen LogP contribution in [0.3, 0.4) is 0 Å². The van der Waals surface area contributed by atoms with Gasteiger partial charge in [-0.05, 0) is 77.2 Å². The van der Waals surface area contributed by atoms with Gasteiger partial charge in [0.15, 0.2) is 0 Å². The number of carboxylic acid groups (broad SMARTS) is 1. The van der Waals surface area contributed by atoms with Crippen molar-refractivity contribution in [2.75, 3.05) is 0 Å². The van der Waals surface area contributed by atoms with Crippen LogP contribution in [0.1, 0.15) is 28.4 Å². The van der Waals surface area contributed by atoms with Crippen molar-refractivity contribution in [1.29, 1.82) is 0 Å². The molecule has 1 amide bonds. The minimum Gasteiger partial charge on any atom is -0.480 e. The van der Waals surface area contributed by atoms with Gasteiger partial charge in [-0.15, -0.1) is 0 Å². The fourth-order valence-electron chi connectivity index (χ4n) is 3.72. The Morgan fingerprint density at radius 3 is 2.31 bits per heavy atom. The molecular weight excluding hydrogens is 464 g/mol. The molecule has 4 rings (SSSR count). The van der Waals surface area contributed by atoms with Crippen LogP contribution in [0.5, 0.6) is 0 Å². The van der Waals surface area contributed by atoms with Crippen LogP contribution < -0.4 is 5.32 Å². The molecule has 1 atom stereocenters. The van der Waals surface area contributed by atoms with E-state index >= 15 is 0 Å². The number of carboxylic acids is 1. The summed E-state index contributed by atoms with van der Waals surface area (Å²) < 4.78 is 29.0. The first-order valence-corrected chi connectivity index (χ1v) is 11.2. The Hall–Kier alpha value is -4.59. The number of carbonyl (C=O) groups excluding carboxylic acids is 1. The van der Waals surface area contributed by atoms with E-state index in [-0.39, 0.29) is 11.4 Å². The minimum absolute atomic E-state index is 0.254. The molecule has 36 heavy (non-hydrogen) atoms. The number of benzene rings is 3. The van der Waals surface area contributed by atoms with Crippen LogP contribution in [0.25, 0.3) is 22.8 Å². The number of hydrogen-bond acceptors (Lipinski definition) is 3. The summed E-state index contributed by atoms with van der Waals surface area (Å²) in [5, 5.41) is 11.6. The second-order valence-corrected chi connectivity index (χ2v) is 8.26. The first-order valence-electron chi connectivity index (χ1n) is 11.2. The molecule has 8 heteroatoms. The van der Waals surface area contributed by atoms with Crippen LogP contribution in [-0.4, -0.2) is 32.6 Å². The summed E-state index contributed by atoms with van der Waals surface area (Å²) in [6, 6.07) is 15.9. The Bertz CT molecular complexity index is 1400. The molecule has 1 aromatic heterocycles. The molecule has 0 fully saturated rings. The van der Waals surface area contributed by atoms with Crippen LogP contribution in [-0.2, 0) is 11.3 Å². The van der Waals surface area contributed by atoms with Gasteiger partial charge in [0, 0.05) is 24.5 Å². The highest BCUT2D eigenvalue weighted by molar-refractivity contribution is 6.03. The number of imidazole rings is 1. The standard InChI is InChI=1S/C28H23F2N3O3/c1-18(28(35)36)32-27(34)25-11-2-19(15-26(25)21-5-9-24(30)10-6-21)14-22(16-33-13-12-31-17-33)20-3-7-23(29)8-4-20/h2-15,17-18H,16H2,1H3,(H,32,34)(H,35,36)/t18-/m0/s1. The summed E-state index contributed by atoms with van der Waals surface area (Å²) in [6.45, 7) is 1.84. The average molecular weight is 488 g/mol. The van der Waals surface area contributed by atoms with Crippen LogP contribution in [0.15, 0.2) is 85.5 Å². The topological polar surface area (TPSA) is 84.2 Å². The van der Waals surface area contributed by atoms with Gasteiger partial charge in [-0.25, -0.2) is 13.8 Å². The zero-order chi connectivity index (χ0) is 25.7. The maximum atomic E-state index is 13.6. The van der Waals surface area contributed by atoms with Crippen LogP contribution in [0.4, 0.5) is 8.78 Å². The smallest absolute Gasteiger partial charge is 0.325 e. The van der Waals surface area contributed by atoms with E-state index in [9.17, 15) is 23.5 Å². The van der Waals surface area contributed by atoms with Crippen molar-refractivity contribution in [3.05, 3.63) is 114 Å². The Morgan fingerprint density at radius 2 is 1.69 bits per heavy atom. The van der Waals surface area contributed by atoms with Gasteiger partial charge < -0.3 is 15.0 Å². The summed E-state index contributed by atoms with van der Waals surface area (Å²) in [5.74, 6) is -2.48. The summed E-state index contributed by atoms with van der Waals surface area (Å²) in [4.78, 5) is 28.2. The maximum Gasteiger partial charge on any atom is 0.325 e. The van der Waals surface area contributed by atoms with E-state index in [1.165, 1.54) is 31.2 Å². The molecule has 0 radical (unpaired) electrons. The average Bonchev–Trinajstić information content (AvgIpc) is 3.37. The number of nitrogens with zero attached hydrogens (tertiary/aromatic N) is 2. The molecule has 0 bridgehead atoms. The van der Waals surface area contributed by atoms with Gasteiger partial charge >= 0.3 is 5.97 Å². The van der Waals surface area contributed by atoms with E-state index in [1.54, 1.807) is 55.0 Å². The molecule has 0 aliphatic heterocycles. The number of nitrogens with one attached hydrogen (secondary N) is 1. The Morgan fingerprint density at radius 1 is 1.03 bits per heavy atom. The summed E-state index contributed by atoms with van der Waals surface area (Å²) >= 11 is 0. The predicted octanol–water partition coefficient (Wildman–Crippen LogP) is 5.27. The number of halogens is 2. The third-order valence-corrected chi connectivity index (χ3v) is 5.63.